The number of nitrogens with zero attached hydrogens (tertiary/aromatic N) is 3. The molecule has 3 aliphatic heterocycles. The van der Waals surface area contributed by atoms with Gasteiger partial charge in [0.1, 0.15) is 0 Å². The quantitative estimate of drug-likeness (QED) is 0.449. The number of nitrogens with one attached hydrogen (secondary N) is 1. The van der Waals surface area contributed by atoms with Crippen molar-refractivity contribution in [1.82, 2.24) is 10.2 Å². The van der Waals surface area contributed by atoms with Gasteiger partial charge in [-0.25, -0.2) is 4.79 Å². The van der Waals surface area contributed by atoms with Crippen molar-refractivity contribution in [2.75, 3.05) is 18.0 Å². The van der Waals surface area contributed by atoms with Crippen molar-refractivity contribution in [1.29, 1.82) is 0 Å². The van der Waals surface area contributed by atoms with E-state index in [2.05, 4.69) is 5.32 Å². The van der Waals surface area contributed by atoms with E-state index in [1.165, 1.54) is 12.1 Å². The Morgan fingerprint density at radius 2 is 1.91 bits per heavy atom. The van der Waals surface area contributed by atoms with Crippen LogP contribution in [-0.4, -0.2) is 46.8 Å². The average molecular weight is 434 g/mol. The van der Waals surface area contributed by atoms with Gasteiger partial charge in [-0.15, -0.1) is 0 Å². The number of fused-ring (bicyclic) bond motifs is 4. The summed E-state index contributed by atoms with van der Waals surface area (Å²) in [6.45, 7) is 0.800. The molecule has 9 heteroatoms. The number of imide groups is 2. The molecular weight excluding hydrogens is 412 g/mol. The number of hydrogen-bond donors (Lipinski definition) is 1. The Bertz CT molecular complexity index is 1130. The van der Waals surface area contributed by atoms with Crippen molar-refractivity contribution in [3.63, 3.8) is 0 Å². The second-order valence-corrected chi connectivity index (χ2v) is 8.52. The fourth-order valence-corrected chi connectivity index (χ4v) is 5.34. The Hall–Kier alpha value is -3.75. The lowest BCUT2D eigenvalue weighted by Gasteiger charge is -2.49. The first-order valence-electron chi connectivity index (χ1n) is 10.7. The Labute approximate surface area is 184 Å². The summed E-state index contributed by atoms with van der Waals surface area (Å²) in [5.41, 5.74) is 0.808. The van der Waals surface area contributed by atoms with Crippen LogP contribution in [-0.2, 0) is 22.4 Å². The van der Waals surface area contributed by atoms with Gasteiger partial charge in [0.15, 0.2) is 5.41 Å². The van der Waals surface area contributed by atoms with Gasteiger partial charge in [-0.1, -0.05) is 30.3 Å². The molecule has 5 rings (SSSR count). The van der Waals surface area contributed by atoms with E-state index in [4.69, 9.17) is 0 Å². The number of hydrogen-bond acceptors (Lipinski definition) is 6. The molecule has 2 aromatic carbocycles. The van der Waals surface area contributed by atoms with Crippen LogP contribution in [0.15, 0.2) is 48.5 Å². The van der Waals surface area contributed by atoms with Crippen LogP contribution in [0.4, 0.5) is 16.2 Å². The highest BCUT2D eigenvalue weighted by atomic mass is 16.6. The van der Waals surface area contributed by atoms with Gasteiger partial charge in [0.25, 0.3) is 5.69 Å². The average Bonchev–Trinajstić information content (AvgIpc) is 3.28. The van der Waals surface area contributed by atoms with Crippen LogP contribution < -0.4 is 10.2 Å². The van der Waals surface area contributed by atoms with E-state index in [1.54, 1.807) is 6.07 Å². The molecule has 1 spiro atoms. The van der Waals surface area contributed by atoms with Gasteiger partial charge in [-0.2, -0.15) is 0 Å². The predicted octanol–water partition coefficient (Wildman–Crippen LogP) is 2.43. The minimum atomic E-state index is -1.48. The first-order chi connectivity index (χ1) is 15.4. The molecule has 2 fully saturated rings. The summed E-state index contributed by atoms with van der Waals surface area (Å²) in [6.07, 6.45) is 1.93. The molecule has 32 heavy (non-hydrogen) atoms. The summed E-state index contributed by atoms with van der Waals surface area (Å²) in [5.74, 6) is -1.13. The van der Waals surface area contributed by atoms with E-state index in [9.17, 15) is 24.5 Å². The molecule has 0 aromatic heterocycles. The van der Waals surface area contributed by atoms with E-state index < -0.39 is 34.2 Å². The van der Waals surface area contributed by atoms with Crippen LogP contribution in [0.5, 0.6) is 0 Å². The van der Waals surface area contributed by atoms with E-state index in [1.807, 2.05) is 35.2 Å². The highest BCUT2D eigenvalue weighted by molar-refractivity contribution is 6.20. The van der Waals surface area contributed by atoms with E-state index >= 15 is 0 Å². The standard InChI is InChI=1S/C23H22N4O5/c28-20-23(21(29)26(22(30)24-20)12-10-15-5-2-1-3-6-15)14-16-13-17(27(31)32)8-9-18(16)25-11-4-7-19(23)25/h1-3,5-6,8-9,13,19H,4,7,10-12,14H2,(H,24,28,30)/t19-,23+/m0/s1. The van der Waals surface area contributed by atoms with Crippen molar-refractivity contribution < 1.29 is 19.3 Å². The molecule has 2 atom stereocenters. The number of carbonyl (C=O) groups is 3. The first-order valence-corrected chi connectivity index (χ1v) is 10.7. The fourth-order valence-electron chi connectivity index (χ4n) is 5.34. The van der Waals surface area contributed by atoms with Crippen molar-refractivity contribution in [3.05, 3.63) is 69.8 Å². The molecule has 3 aliphatic rings. The maximum absolute atomic E-state index is 13.8. The number of nitro groups is 1. The monoisotopic (exact) mass is 434 g/mol. The van der Waals surface area contributed by atoms with Crippen LogP contribution >= 0.6 is 0 Å². The molecule has 3 heterocycles. The van der Waals surface area contributed by atoms with Gasteiger partial charge in [0, 0.05) is 37.3 Å². The Morgan fingerprint density at radius 3 is 2.66 bits per heavy atom. The van der Waals surface area contributed by atoms with Crippen molar-refractivity contribution >= 4 is 29.2 Å². The zero-order chi connectivity index (χ0) is 22.5. The Kier molecular flexibility index (Phi) is 4.69. The maximum Gasteiger partial charge on any atom is 0.330 e. The molecule has 9 nitrogen and oxygen atoms in total. The van der Waals surface area contributed by atoms with Gasteiger partial charge in [0.2, 0.25) is 11.8 Å². The highest BCUT2D eigenvalue weighted by Crippen LogP contribution is 2.48. The lowest BCUT2D eigenvalue weighted by molar-refractivity contribution is -0.384. The van der Waals surface area contributed by atoms with Gasteiger partial charge in [-0.05, 0) is 36.5 Å². The molecule has 0 radical (unpaired) electrons. The highest BCUT2D eigenvalue weighted by Gasteiger charge is 2.62. The largest absolute Gasteiger partial charge is 0.367 e. The molecular formula is C23H22N4O5. The number of amides is 4. The third kappa shape index (κ3) is 2.96. The Balaban J connectivity index is 1.53. The number of carbonyl (C=O) groups excluding carboxylic acids is 3. The lowest BCUT2D eigenvalue weighted by atomic mass is 9.68. The molecule has 0 aliphatic carbocycles. The van der Waals surface area contributed by atoms with Gasteiger partial charge >= 0.3 is 6.03 Å². The normalized spacial score (nSPS) is 24.4. The van der Waals surface area contributed by atoms with Gasteiger partial charge in [-0.3, -0.25) is 29.9 Å². The second-order valence-electron chi connectivity index (χ2n) is 8.52. The number of barbiturate groups is 1. The zero-order valence-electron chi connectivity index (χ0n) is 17.3. The topological polar surface area (TPSA) is 113 Å². The van der Waals surface area contributed by atoms with E-state index in [0.29, 0.717) is 24.9 Å². The van der Waals surface area contributed by atoms with Gasteiger partial charge in [0.05, 0.1) is 11.0 Å². The number of nitro benzene ring substituents is 1. The molecule has 4 amide bonds. The smallest absolute Gasteiger partial charge is 0.330 e. The SMILES string of the molecule is O=C1NC(=O)[C@]2(Cc3cc([N+](=O)[O-])ccc3N3CCC[C@H]32)C(=O)N1CCc1ccccc1. The summed E-state index contributed by atoms with van der Waals surface area (Å²) < 4.78 is 0. The summed E-state index contributed by atoms with van der Waals surface area (Å²) in [5, 5.41) is 13.7. The minimum absolute atomic E-state index is 0.0327. The maximum atomic E-state index is 13.8. The summed E-state index contributed by atoms with van der Waals surface area (Å²) >= 11 is 0. The number of urea groups is 1. The zero-order valence-corrected chi connectivity index (χ0v) is 17.3. The van der Waals surface area contributed by atoms with Crippen molar-refractivity contribution in [2.45, 2.75) is 31.7 Å². The Morgan fingerprint density at radius 1 is 1.12 bits per heavy atom. The van der Waals surface area contributed by atoms with E-state index in [-0.39, 0.29) is 18.7 Å². The van der Waals surface area contributed by atoms with Crippen LogP contribution in [0.3, 0.4) is 0 Å². The predicted molar refractivity (Wildman–Crippen MR) is 115 cm³/mol. The fraction of sp³-hybridized carbons (Fsp3) is 0.348. The number of non-ortho nitro benzene ring substituents is 1. The van der Waals surface area contributed by atoms with Crippen LogP contribution in [0.2, 0.25) is 0 Å². The summed E-state index contributed by atoms with van der Waals surface area (Å²) in [7, 11) is 0. The lowest BCUT2D eigenvalue weighted by Crippen LogP contribution is -2.71. The van der Waals surface area contributed by atoms with Crippen molar-refractivity contribution in [2.24, 2.45) is 5.41 Å². The minimum Gasteiger partial charge on any atom is -0.367 e. The molecule has 0 saturated carbocycles. The van der Waals surface area contributed by atoms with Gasteiger partial charge < -0.3 is 4.90 Å². The third-order valence-corrected chi connectivity index (χ3v) is 6.84. The molecule has 1 N–H and O–H groups in total. The molecule has 0 bridgehead atoms. The molecule has 164 valence electrons. The second kappa shape index (κ2) is 7.44. The summed E-state index contributed by atoms with van der Waals surface area (Å²) in [4.78, 5) is 53.6. The molecule has 0 unspecified atom stereocenters. The van der Waals surface area contributed by atoms with Crippen LogP contribution in [0.25, 0.3) is 0 Å². The summed E-state index contributed by atoms with van der Waals surface area (Å²) in [6, 6.07) is 13.0. The van der Waals surface area contributed by atoms with Crippen LogP contribution in [0.1, 0.15) is 24.0 Å². The first kappa shape index (κ1) is 20.2. The number of benzene rings is 2. The van der Waals surface area contributed by atoms with E-state index in [0.717, 1.165) is 22.6 Å². The molecule has 2 saturated heterocycles. The third-order valence-electron chi connectivity index (χ3n) is 6.84. The van der Waals surface area contributed by atoms with Crippen molar-refractivity contribution in [3.8, 4) is 0 Å². The number of rotatable bonds is 4. The molecule has 2 aromatic rings. The number of anilines is 1. The van der Waals surface area contributed by atoms with Crippen LogP contribution in [0, 0.1) is 15.5 Å².